The molecule has 0 radical (unpaired) electrons. The fraction of sp³-hybridized carbons (Fsp3) is 0.158. The number of carboxylic acids is 1. The third-order valence-corrected chi connectivity index (χ3v) is 4.37. The first-order valence-corrected chi connectivity index (χ1v) is 8.62. The summed E-state index contributed by atoms with van der Waals surface area (Å²) >= 11 is 1.45. The second kappa shape index (κ2) is 8.96. The van der Waals surface area contributed by atoms with Crippen molar-refractivity contribution in [3.05, 3.63) is 59.7 Å². The van der Waals surface area contributed by atoms with Gasteiger partial charge in [-0.25, -0.2) is 9.59 Å². The van der Waals surface area contributed by atoms with Crippen molar-refractivity contribution in [2.45, 2.75) is 30.1 Å². The highest BCUT2D eigenvalue weighted by Gasteiger charge is 2.11. The summed E-state index contributed by atoms with van der Waals surface area (Å²) in [5.74, 6) is -1.79. The summed E-state index contributed by atoms with van der Waals surface area (Å²) in [5.41, 5.74) is 0.759. The monoisotopic (exact) mass is 371 g/mol. The third-order valence-electron chi connectivity index (χ3n) is 3.36. The molecule has 0 unspecified atom stereocenters. The molecule has 2 aromatic rings. The smallest absolute Gasteiger partial charge is 0.335 e. The van der Waals surface area contributed by atoms with Crippen LogP contribution >= 0.6 is 11.8 Å². The summed E-state index contributed by atoms with van der Waals surface area (Å²) in [4.78, 5) is 40.6. The number of carboxylic acid groups (broad SMARTS) is 1. The molecule has 26 heavy (non-hydrogen) atoms. The molecule has 134 valence electrons. The van der Waals surface area contributed by atoms with Crippen LogP contribution in [0.15, 0.2) is 63.5 Å². The molecule has 7 heteroatoms. The van der Waals surface area contributed by atoms with Crippen molar-refractivity contribution in [1.29, 1.82) is 0 Å². The van der Waals surface area contributed by atoms with E-state index >= 15 is 0 Å². The zero-order chi connectivity index (χ0) is 19.1. The topological polar surface area (TPSA) is 93.0 Å². The van der Waals surface area contributed by atoms with E-state index in [1.807, 2.05) is 0 Å². The van der Waals surface area contributed by atoms with Crippen LogP contribution in [0.3, 0.4) is 0 Å². The number of nitrogens with zero attached hydrogens (tertiary/aromatic N) is 1. The zero-order valence-electron chi connectivity index (χ0n) is 14.3. The van der Waals surface area contributed by atoms with Gasteiger partial charge < -0.3 is 9.94 Å². The maximum absolute atomic E-state index is 12.2. The second-order valence-electron chi connectivity index (χ2n) is 5.28. The molecule has 0 bridgehead atoms. The summed E-state index contributed by atoms with van der Waals surface area (Å²) in [5, 5.41) is 12.4. The first-order valence-electron chi connectivity index (χ1n) is 7.81. The lowest BCUT2D eigenvalue weighted by atomic mass is 10.1. The summed E-state index contributed by atoms with van der Waals surface area (Å²) < 4.78 is 0. The summed E-state index contributed by atoms with van der Waals surface area (Å²) in [7, 11) is 0. The van der Waals surface area contributed by atoms with Crippen molar-refractivity contribution in [3.8, 4) is 0 Å². The fourth-order valence-corrected chi connectivity index (χ4v) is 2.73. The Balaban J connectivity index is 2.04. The zero-order valence-corrected chi connectivity index (χ0v) is 15.1. The SMILES string of the molecule is CCC(=O)O/N=C(\C)C(=O)c1ccc(Sc2ccc(C(=O)O)cc2)cc1. The summed E-state index contributed by atoms with van der Waals surface area (Å²) in [6.07, 6.45) is 0.185. The number of rotatable bonds is 7. The molecule has 0 aromatic heterocycles. The fourth-order valence-electron chi connectivity index (χ4n) is 1.91. The average molecular weight is 371 g/mol. The highest BCUT2D eigenvalue weighted by molar-refractivity contribution is 7.99. The minimum atomic E-state index is -0.967. The molecule has 0 amide bonds. The van der Waals surface area contributed by atoms with Gasteiger partial charge in [-0.05, 0) is 55.5 Å². The molecule has 0 fully saturated rings. The maximum Gasteiger partial charge on any atom is 0.335 e. The van der Waals surface area contributed by atoms with Gasteiger partial charge in [0, 0.05) is 21.8 Å². The number of hydrogen-bond acceptors (Lipinski definition) is 6. The lowest BCUT2D eigenvalue weighted by Crippen LogP contribution is -2.12. The van der Waals surface area contributed by atoms with Crippen LogP contribution in [0.25, 0.3) is 0 Å². The number of hydrogen-bond donors (Lipinski definition) is 1. The van der Waals surface area contributed by atoms with Crippen LogP contribution in [0.1, 0.15) is 41.0 Å². The Bertz CT molecular complexity index is 841. The Morgan fingerprint density at radius 3 is 1.92 bits per heavy atom. The standard InChI is InChI=1S/C19H17NO5S/c1-3-17(21)25-20-12(2)18(22)13-4-8-15(9-5-13)26-16-10-6-14(7-11-16)19(23)24/h4-11H,3H2,1-2H3,(H,23,24)/b20-12+. The lowest BCUT2D eigenvalue weighted by Gasteiger charge is -2.04. The number of oxime groups is 1. The van der Waals surface area contributed by atoms with Gasteiger partial charge in [-0.1, -0.05) is 23.8 Å². The van der Waals surface area contributed by atoms with Crippen molar-refractivity contribution in [2.75, 3.05) is 0 Å². The van der Waals surface area contributed by atoms with Crippen LogP contribution in [0.5, 0.6) is 0 Å². The van der Waals surface area contributed by atoms with Gasteiger partial charge in [-0.3, -0.25) is 4.79 Å². The molecule has 0 saturated carbocycles. The number of carbonyl (C=O) groups excluding carboxylic acids is 2. The van der Waals surface area contributed by atoms with E-state index in [9.17, 15) is 14.4 Å². The van der Waals surface area contributed by atoms with E-state index in [4.69, 9.17) is 5.11 Å². The van der Waals surface area contributed by atoms with Crippen LogP contribution < -0.4 is 0 Å². The molecule has 2 aromatic carbocycles. The summed E-state index contributed by atoms with van der Waals surface area (Å²) in [6, 6.07) is 13.4. The predicted molar refractivity (Wildman–Crippen MR) is 97.8 cm³/mol. The van der Waals surface area contributed by atoms with Crippen LogP contribution in [0.4, 0.5) is 0 Å². The molecular formula is C19H17NO5S. The van der Waals surface area contributed by atoms with E-state index in [0.29, 0.717) is 5.56 Å². The molecule has 0 aliphatic rings. The second-order valence-corrected chi connectivity index (χ2v) is 6.43. The molecular weight excluding hydrogens is 354 g/mol. The third kappa shape index (κ3) is 5.29. The van der Waals surface area contributed by atoms with Crippen molar-refractivity contribution in [3.63, 3.8) is 0 Å². The van der Waals surface area contributed by atoms with E-state index < -0.39 is 11.9 Å². The van der Waals surface area contributed by atoms with E-state index in [0.717, 1.165) is 9.79 Å². The number of carbonyl (C=O) groups is 3. The maximum atomic E-state index is 12.2. The Hall–Kier alpha value is -2.93. The van der Waals surface area contributed by atoms with E-state index in [-0.39, 0.29) is 23.5 Å². The van der Waals surface area contributed by atoms with Gasteiger partial charge in [0.2, 0.25) is 5.78 Å². The van der Waals surface area contributed by atoms with Crippen LogP contribution in [-0.4, -0.2) is 28.5 Å². The minimum Gasteiger partial charge on any atom is -0.478 e. The predicted octanol–water partition coefficient (Wildman–Crippen LogP) is 4.05. The highest BCUT2D eigenvalue weighted by Crippen LogP contribution is 2.28. The molecule has 2 rings (SSSR count). The minimum absolute atomic E-state index is 0.0939. The molecule has 0 aliphatic carbocycles. The van der Waals surface area contributed by atoms with Gasteiger partial charge in [0.25, 0.3) is 0 Å². The molecule has 0 atom stereocenters. The molecule has 1 N–H and O–H groups in total. The normalized spacial score (nSPS) is 11.1. The Morgan fingerprint density at radius 2 is 1.46 bits per heavy atom. The van der Waals surface area contributed by atoms with Gasteiger partial charge in [0.15, 0.2) is 0 Å². The largest absolute Gasteiger partial charge is 0.478 e. The quantitative estimate of drug-likeness (QED) is 0.342. The first-order chi connectivity index (χ1) is 12.4. The summed E-state index contributed by atoms with van der Waals surface area (Å²) in [6.45, 7) is 3.12. The van der Waals surface area contributed by atoms with Gasteiger partial charge in [-0.15, -0.1) is 0 Å². The van der Waals surface area contributed by atoms with Gasteiger partial charge in [-0.2, -0.15) is 0 Å². The van der Waals surface area contributed by atoms with Crippen molar-refractivity contribution in [2.24, 2.45) is 5.16 Å². The number of benzene rings is 2. The molecule has 6 nitrogen and oxygen atoms in total. The Morgan fingerprint density at radius 1 is 0.962 bits per heavy atom. The van der Waals surface area contributed by atoms with Crippen molar-refractivity contribution >= 4 is 35.2 Å². The van der Waals surface area contributed by atoms with E-state index in [1.165, 1.54) is 18.7 Å². The molecule has 0 spiro atoms. The molecule has 0 saturated heterocycles. The van der Waals surface area contributed by atoms with E-state index in [1.54, 1.807) is 55.5 Å². The van der Waals surface area contributed by atoms with Crippen LogP contribution in [0, 0.1) is 0 Å². The highest BCUT2D eigenvalue weighted by atomic mass is 32.2. The lowest BCUT2D eigenvalue weighted by molar-refractivity contribution is -0.143. The Kier molecular flexibility index (Phi) is 6.68. The van der Waals surface area contributed by atoms with Gasteiger partial charge in [0.05, 0.1) is 5.56 Å². The number of ketones is 1. The Labute approximate surface area is 154 Å². The van der Waals surface area contributed by atoms with Crippen LogP contribution in [-0.2, 0) is 9.63 Å². The number of Topliss-reactive ketones (excluding diaryl/α,β-unsaturated/α-hetero) is 1. The van der Waals surface area contributed by atoms with Gasteiger partial charge in [0.1, 0.15) is 5.71 Å². The van der Waals surface area contributed by atoms with Crippen LogP contribution in [0.2, 0.25) is 0 Å². The number of aromatic carboxylic acids is 1. The molecule has 0 heterocycles. The van der Waals surface area contributed by atoms with Crippen molar-refractivity contribution in [1.82, 2.24) is 0 Å². The van der Waals surface area contributed by atoms with E-state index in [2.05, 4.69) is 9.99 Å². The first kappa shape index (κ1) is 19.4. The molecule has 0 aliphatic heterocycles. The average Bonchev–Trinajstić information content (AvgIpc) is 2.66. The van der Waals surface area contributed by atoms with Gasteiger partial charge >= 0.3 is 11.9 Å². The van der Waals surface area contributed by atoms with Crippen molar-refractivity contribution < 1.29 is 24.3 Å².